The first kappa shape index (κ1) is 77.4. The van der Waals surface area contributed by atoms with Crippen molar-refractivity contribution in [2.45, 2.75) is 154 Å². The van der Waals surface area contributed by atoms with Gasteiger partial charge in [0.2, 0.25) is 0 Å². The average molecular weight is 1260 g/mol. The Bertz CT molecular complexity index is 2340. The van der Waals surface area contributed by atoms with E-state index in [4.69, 9.17) is 52.1 Å². The molecule has 0 bridgehead atoms. The van der Waals surface area contributed by atoms with Crippen LogP contribution in [0.25, 0.3) is 0 Å². The molecular formula is C71H108N4O15. The molecule has 9 unspecified atom stereocenters. The number of methoxy groups -OCH3 is 6. The fourth-order valence-corrected chi connectivity index (χ4v) is 10.9. The van der Waals surface area contributed by atoms with Crippen molar-refractivity contribution >= 4 is 25.1 Å². The standard InChI is InChI=1S/C22H28N2O4.C14H21NO3.C13H19NO3.2C8H14O2.C6H12O/c1-27-21(23-19(15-25)13-17-9-5-3-6-10-17)22(28-2)24-20(16-26)14-18-11-7-4-8-12-18;1-11(17-2)14(18-3)15-13(10-16)9-12-7-5-4-6-8-12;1-16-10-13(17-2)14-12(9-15)8-11-6-4-3-5-7-11;2*1-5-3-9-8-6(2)4-10-7(5)8;1-5-3-7-4-6(5)2/h3-12,15-16,19-24H,13-14H2,1-2H3;4-8,10-11,13-15H,9H2,1-3H3;3-7,9,12-14H,8,10H2,1-2H3;2*5-8H,3-4H2,1-2H3;5-6H,3-4H2,1-2H3/t19-,20-,21?,22?;11?,13-,14?;12-,13?;5-,6+,7?,8?;5-,6-,7?,8?;5-,6-/m000.11/s1. The molecule has 19 heteroatoms. The number of carbonyl (C=O) groups excluding carboxylic acids is 4. The van der Waals surface area contributed by atoms with Crippen molar-refractivity contribution in [2.24, 2.45) is 35.5 Å². The van der Waals surface area contributed by atoms with Gasteiger partial charge < -0.3 is 71.3 Å². The van der Waals surface area contributed by atoms with E-state index < -0.39 is 24.5 Å². The SMILES string of the molecule is COC(C)C(N[C@H](C=O)Cc1ccccc1)OC.COC(N[C@H](C=O)Cc1ccccc1)C(N[C@H](C=O)Cc1ccccc1)OC.COCC(N[C@H](C=O)Cc1ccccc1)OC.C[C@@H]1COC2C1OC[C@@H]2C.C[C@@H]1COC2C1OC[C@H]2C.C[C@@H]1COC[C@H]1C. The molecule has 4 aromatic rings. The van der Waals surface area contributed by atoms with Gasteiger partial charge in [0.05, 0.1) is 87.7 Å². The van der Waals surface area contributed by atoms with Crippen LogP contribution >= 0.6 is 0 Å². The van der Waals surface area contributed by atoms with Crippen LogP contribution in [-0.4, -0.2) is 194 Å². The molecule has 5 saturated heterocycles. The predicted octanol–water partition coefficient (Wildman–Crippen LogP) is 7.53. The molecule has 9 rings (SSSR count). The Hall–Kier alpha value is -5.04. The van der Waals surface area contributed by atoms with Crippen molar-refractivity contribution in [3.63, 3.8) is 0 Å². The van der Waals surface area contributed by atoms with E-state index in [0.717, 1.165) is 98.9 Å². The lowest BCUT2D eigenvalue weighted by atomic mass is 9.99. The summed E-state index contributed by atoms with van der Waals surface area (Å²) in [6.45, 7) is 21.1. The number of carbonyl (C=O) groups is 4. The normalized spacial score (nSPS) is 25.8. The topological polar surface area (TPSA) is 218 Å². The molecule has 4 N–H and O–H groups in total. The van der Waals surface area contributed by atoms with Gasteiger partial charge >= 0.3 is 0 Å². The van der Waals surface area contributed by atoms with Gasteiger partial charge in [-0.15, -0.1) is 0 Å². The maximum atomic E-state index is 11.6. The Labute approximate surface area is 537 Å². The minimum atomic E-state index is -0.609. The minimum Gasteiger partial charge on any atom is -0.381 e. The van der Waals surface area contributed by atoms with Crippen molar-refractivity contribution in [3.8, 4) is 0 Å². The van der Waals surface area contributed by atoms with E-state index in [2.05, 4.69) is 62.8 Å². The van der Waals surface area contributed by atoms with E-state index in [-0.39, 0.29) is 30.6 Å². The van der Waals surface area contributed by atoms with Gasteiger partial charge in [0.15, 0.2) is 0 Å². The van der Waals surface area contributed by atoms with Crippen molar-refractivity contribution in [1.29, 1.82) is 0 Å². The number of rotatable bonds is 29. The molecule has 0 spiro atoms. The summed E-state index contributed by atoms with van der Waals surface area (Å²) in [7, 11) is 9.46. The quantitative estimate of drug-likeness (QED) is 0.0305. The number of fused-ring (bicyclic) bond motifs is 2. The third-order valence-corrected chi connectivity index (χ3v) is 16.7. The van der Waals surface area contributed by atoms with Gasteiger partial charge in [-0.05, 0) is 66.7 Å². The van der Waals surface area contributed by atoms with Crippen LogP contribution in [-0.2, 0) is 97.0 Å². The predicted molar refractivity (Wildman–Crippen MR) is 349 cm³/mol. The molecule has 5 heterocycles. The second kappa shape index (κ2) is 44.5. The number of aldehydes is 4. The lowest BCUT2D eigenvalue weighted by molar-refractivity contribution is -0.117. The number of benzene rings is 4. The molecule has 0 aliphatic carbocycles. The molecule has 5 fully saturated rings. The maximum Gasteiger partial charge on any atom is 0.148 e. The molecule has 4 aromatic carbocycles. The highest BCUT2D eigenvalue weighted by Crippen LogP contribution is 2.35. The lowest BCUT2D eigenvalue weighted by Gasteiger charge is -2.30. The van der Waals surface area contributed by atoms with Crippen LogP contribution in [0.4, 0.5) is 0 Å². The van der Waals surface area contributed by atoms with Crippen LogP contribution in [0.5, 0.6) is 0 Å². The zero-order chi connectivity index (χ0) is 65.6. The summed E-state index contributed by atoms with van der Waals surface area (Å²) in [5, 5.41) is 12.5. The summed E-state index contributed by atoms with van der Waals surface area (Å²) in [6, 6.07) is 37.8. The van der Waals surface area contributed by atoms with Crippen molar-refractivity contribution < 1.29 is 71.3 Å². The Kier molecular flexibility index (Phi) is 38.3. The second-order valence-electron chi connectivity index (χ2n) is 24.1. The molecule has 0 aromatic heterocycles. The highest BCUT2D eigenvalue weighted by Gasteiger charge is 2.44. The van der Waals surface area contributed by atoms with Crippen molar-refractivity contribution in [2.75, 3.05) is 88.9 Å². The summed E-state index contributed by atoms with van der Waals surface area (Å²) < 4.78 is 59.1. The lowest BCUT2D eigenvalue weighted by Crippen LogP contribution is -2.56. The fraction of sp³-hybridized carbons (Fsp3) is 0.606. The summed E-state index contributed by atoms with van der Waals surface area (Å²) >= 11 is 0. The highest BCUT2D eigenvalue weighted by atomic mass is 16.6. The first-order valence-electron chi connectivity index (χ1n) is 31.8. The fourth-order valence-electron chi connectivity index (χ4n) is 10.9. The van der Waals surface area contributed by atoms with Crippen LogP contribution in [0.15, 0.2) is 121 Å². The molecule has 19 atom stereocenters. The van der Waals surface area contributed by atoms with E-state index in [9.17, 15) is 19.2 Å². The molecule has 502 valence electrons. The second-order valence-corrected chi connectivity index (χ2v) is 24.1. The van der Waals surface area contributed by atoms with Gasteiger partial charge in [0.25, 0.3) is 0 Å². The zero-order valence-corrected chi connectivity index (χ0v) is 55.7. The van der Waals surface area contributed by atoms with Crippen molar-refractivity contribution in [1.82, 2.24) is 21.3 Å². The molecule has 19 nitrogen and oxygen atoms in total. The summed E-state index contributed by atoms with van der Waals surface area (Å²) in [5.74, 6) is 4.01. The summed E-state index contributed by atoms with van der Waals surface area (Å²) in [5.41, 5.74) is 4.31. The molecule has 90 heavy (non-hydrogen) atoms. The zero-order valence-electron chi connectivity index (χ0n) is 55.7. The molecule has 0 saturated carbocycles. The monoisotopic (exact) mass is 1260 g/mol. The number of nitrogens with one attached hydrogen (secondary N) is 4. The minimum absolute atomic E-state index is 0.117. The van der Waals surface area contributed by atoms with Gasteiger partial charge in [-0.1, -0.05) is 163 Å². The number of hydrogen-bond acceptors (Lipinski definition) is 19. The first-order chi connectivity index (χ1) is 43.6. The van der Waals surface area contributed by atoms with Crippen LogP contribution in [0.3, 0.4) is 0 Å². The molecular weight excluding hydrogens is 1150 g/mol. The maximum absolute atomic E-state index is 11.6. The largest absolute Gasteiger partial charge is 0.381 e. The Morgan fingerprint density at radius 2 is 0.656 bits per heavy atom. The molecule has 5 aliphatic heterocycles. The average Bonchev–Trinajstić information content (AvgIpc) is 2.16. The van der Waals surface area contributed by atoms with E-state index in [1.807, 2.05) is 128 Å². The van der Waals surface area contributed by atoms with E-state index >= 15 is 0 Å². The molecule has 0 radical (unpaired) electrons. The van der Waals surface area contributed by atoms with Crippen LogP contribution < -0.4 is 21.3 Å². The number of ether oxygens (including phenoxy) is 11. The van der Waals surface area contributed by atoms with Gasteiger partial charge in [-0.25, -0.2) is 0 Å². The van der Waals surface area contributed by atoms with Gasteiger partial charge in [0.1, 0.15) is 50.1 Å². The van der Waals surface area contributed by atoms with Gasteiger partial charge in [0, 0.05) is 79.5 Å². The Morgan fingerprint density at radius 1 is 0.378 bits per heavy atom. The third kappa shape index (κ3) is 27.7. The summed E-state index contributed by atoms with van der Waals surface area (Å²) in [4.78, 5) is 45.2. The first-order valence-corrected chi connectivity index (χ1v) is 31.8. The van der Waals surface area contributed by atoms with E-state index in [0.29, 0.717) is 80.4 Å². The smallest absolute Gasteiger partial charge is 0.148 e. The van der Waals surface area contributed by atoms with Crippen LogP contribution in [0.1, 0.15) is 70.7 Å². The van der Waals surface area contributed by atoms with Crippen molar-refractivity contribution in [3.05, 3.63) is 144 Å². The summed E-state index contributed by atoms with van der Waals surface area (Å²) in [6.07, 6.45) is 5.55. The van der Waals surface area contributed by atoms with Gasteiger partial charge in [-0.3, -0.25) is 21.3 Å². The number of hydrogen-bond donors (Lipinski definition) is 4. The van der Waals surface area contributed by atoms with Gasteiger partial charge in [-0.2, -0.15) is 0 Å². The third-order valence-electron chi connectivity index (χ3n) is 16.7. The highest BCUT2D eigenvalue weighted by molar-refractivity contribution is 5.60. The van der Waals surface area contributed by atoms with Crippen LogP contribution in [0, 0.1) is 35.5 Å². The van der Waals surface area contributed by atoms with E-state index in [1.54, 1.807) is 28.4 Å². The van der Waals surface area contributed by atoms with E-state index in [1.165, 1.54) is 14.2 Å². The molecule has 0 amide bonds. The Morgan fingerprint density at radius 3 is 0.878 bits per heavy atom. The van der Waals surface area contributed by atoms with Crippen LogP contribution in [0.2, 0.25) is 0 Å². The Balaban J connectivity index is 0.000000244. The molecule has 5 aliphatic rings.